The molecule has 112 valence electrons. The van der Waals surface area contributed by atoms with Crippen molar-refractivity contribution in [2.45, 2.75) is 25.9 Å². The van der Waals surface area contributed by atoms with E-state index in [1.54, 1.807) is 11.3 Å². The zero-order valence-electron chi connectivity index (χ0n) is 12.5. The van der Waals surface area contributed by atoms with Crippen molar-refractivity contribution in [3.05, 3.63) is 58.8 Å². The molecule has 0 aliphatic carbocycles. The number of benzene rings is 1. The Hall–Kier alpha value is -1.98. The largest absolute Gasteiger partial charge is 0.414 e. The molecule has 2 atom stereocenters. The van der Waals surface area contributed by atoms with Crippen LogP contribution in [-0.4, -0.2) is 16.7 Å². The number of rotatable bonds is 3. The van der Waals surface area contributed by atoms with E-state index in [9.17, 15) is 0 Å². The van der Waals surface area contributed by atoms with Gasteiger partial charge < -0.3 is 9.32 Å². The summed E-state index contributed by atoms with van der Waals surface area (Å²) < 4.78 is 5.90. The number of hydrogen-bond donors (Lipinski definition) is 1. The summed E-state index contributed by atoms with van der Waals surface area (Å²) >= 11 is 1.62. The van der Waals surface area contributed by atoms with Crippen molar-refractivity contribution in [1.82, 2.24) is 10.2 Å². The van der Waals surface area contributed by atoms with Crippen molar-refractivity contribution in [3.8, 4) is 10.8 Å². The Morgan fingerprint density at radius 1 is 1.14 bits per heavy atom. The Morgan fingerprint density at radius 3 is 2.82 bits per heavy atom. The first-order chi connectivity index (χ1) is 10.8. The summed E-state index contributed by atoms with van der Waals surface area (Å²) in [5.41, 5.74) is 2.91. The van der Waals surface area contributed by atoms with Crippen molar-refractivity contribution >= 4 is 11.3 Å². The van der Waals surface area contributed by atoms with Crippen molar-refractivity contribution in [2.75, 3.05) is 6.54 Å². The fourth-order valence-electron chi connectivity index (χ4n) is 3.06. The number of fused-ring (bicyclic) bond motifs is 1. The Balaban J connectivity index is 1.54. The van der Waals surface area contributed by atoms with Crippen LogP contribution in [0, 0.1) is 0 Å². The summed E-state index contributed by atoms with van der Waals surface area (Å²) in [6.45, 7) is 4.30. The van der Waals surface area contributed by atoms with Gasteiger partial charge in [-0.2, -0.15) is 0 Å². The minimum Gasteiger partial charge on any atom is -0.414 e. The summed E-state index contributed by atoms with van der Waals surface area (Å²) in [4.78, 5) is 2.52. The van der Waals surface area contributed by atoms with Gasteiger partial charge in [-0.05, 0) is 23.9 Å². The number of quaternary nitrogens is 1. The zero-order chi connectivity index (χ0) is 14.9. The fraction of sp³-hybridized carbons (Fsp3) is 0.294. The highest BCUT2D eigenvalue weighted by molar-refractivity contribution is 7.13. The topological polar surface area (TPSA) is 43.4 Å². The van der Waals surface area contributed by atoms with Crippen LogP contribution < -0.4 is 4.90 Å². The van der Waals surface area contributed by atoms with Crippen LogP contribution in [0.2, 0.25) is 0 Å². The summed E-state index contributed by atoms with van der Waals surface area (Å²) in [6.07, 6.45) is 1.11. The molecule has 1 aliphatic rings. The van der Waals surface area contributed by atoms with Crippen molar-refractivity contribution in [2.24, 2.45) is 0 Å². The molecule has 5 heteroatoms. The van der Waals surface area contributed by atoms with Crippen LogP contribution in [0.4, 0.5) is 0 Å². The van der Waals surface area contributed by atoms with Gasteiger partial charge in [-0.25, -0.2) is 0 Å². The van der Waals surface area contributed by atoms with E-state index in [1.165, 1.54) is 16.0 Å². The molecule has 1 unspecified atom stereocenters. The maximum Gasteiger partial charge on any atom is 0.274 e. The molecule has 0 spiro atoms. The Kier molecular flexibility index (Phi) is 3.52. The quantitative estimate of drug-likeness (QED) is 0.808. The number of nitrogens with zero attached hydrogens (tertiary/aromatic N) is 2. The molecule has 0 saturated heterocycles. The molecule has 2 aromatic heterocycles. The maximum atomic E-state index is 5.90. The van der Waals surface area contributed by atoms with Gasteiger partial charge in [0.05, 0.1) is 11.4 Å². The molecule has 1 aliphatic heterocycles. The summed E-state index contributed by atoms with van der Waals surface area (Å²) in [6, 6.07) is 12.9. The Morgan fingerprint density at radius 2 is 2.00 bits per heavy atom. The number of thiophene rings is 1. The van der Waals surface area contributed by atoms with Crippen LogP contribution in [0.25, 0.3) is 10.8 Å². The lowest BCUT2D eigenvalue weighted by Gasteiger charge is -2.28. The monoisotopic (exact) mass is 312 g/mol. The highest BCUT2D eigenvalue weighted by atomic mass is 32.1. The van der Waals surface area contributed by atoms with E-state index in [-0.39, 0.29) is 6.04 Å². The van der Waals surface area contributed by atoms with Gasteiger partial charge in [-0.15, -0.1) is 21.5 Å². The first-order valence-corrected chi connectivity index (χ1v) is 8.48. The minimum absolute atomic E-state index is 0.217. The summed E-state index contributed by atoms with van der Waals surface area (Å²) in [5.74, 6) is 1.37. The molecule has 22 heavy (non-hydrogen) atoms. The smallest absolute Gasteiger partial charge is 0.274 e. The highest BCUT2D eigenvalue weighted by Gasteiger charge is 2.28. The van der Waals surface area contributed by atoms with E-state index < -0.39 is 0 Å². The highest BCUT2D eigenvalue weighted by Crippen LogP contribution is 2.24. The van der Waals surface area contributed by atoms with E-state index in [0.29, 0.717) is 5.89 Å². The third-order valence-electron chi connectivity index (χ3n) is 4.41. The van der Waals surface area contributed by atoms with Gasteiger partial charge in [-0.3, -0.25) is 0 Å². The van der Waals surface area contributed by atoms with Gasteiger partial charge >= 0.3 is 0 Å². The van der Waals surface area contributed by atoms with Crippen molar-refractivity contribution < 1.29 is 9.32 Å². The van der Waals surface area contributed by atoms with Gasteiger partial charge in [0.2, 0.25) is 0 Å². The average Bonchev–Trinajstić information content (AvgIpc) is 3.24. The van der Waals surface area contributed by atoms with Crippen molar-refractivity contribution in [3.63, 3.8) is 0 Å². The average molecular weight is 312 g/mol. The maximum absolute atomic E-state index is 5.90. The fourth-order valence-corrected chi connectivity index (χ4v) is 3.70. The Labute approximate surface area is 133 Å². The molecule has 0 fully saturated rings. The lowest BCUT2D eigenvalue weighted by molar-refractivity contribution is -0.946. The molecular weight excluding hydrogens is 294 g/mol. The molecule has 0 saturated carbocycles. The van der Waals surface area contributed by atoms with Gasteiger partial charge in [0.1, 0.15) is 6.54 Å². The molecule has 3 aromatic rings. The molecule has 3 heterocycles. The minimum atomic E-state index is 0.217. The van der Waals surface area contributed by atoms with E-state index in [2.05, 4.69) is 41.4 Å². The standard InChI is InChI=1S/C17H17N3OS/c1-12(16-18-19-17(21-16)15-7-4-10-22-15)20-9-8-13-5-2-3-6-14(13)11-20/h2-7,10,12H,8-9,11H2,1H3/p+1/t12-/m1/s1. The third kappa shape index (κ3) is 2.46. The van der Waals surface area contributed by atoms with Crippen LogP contribution in [0.1, 0.15) is 30.0 Å². The lowest BCUT2D eigenvalue weighted by atomic mass is 9.99. The van der Waals surface area contributed by atoms with E-state index in [4.69, 9.17) is 4.42 Å². The van der Waals surface area contributed by atoms with E-state index in [1.807, 2.05) is 17.5 Å². The third-order valence-corrected chi connectivity index (χ3v) is 5.26. The van der Waals surface area contributed by atoms with Crippen LogP contribution in [0.15, 0.2) is 46.2 Å². The molecule has 0 bridgehead atoms. The molecule has 1 aromatic carbocycles. The predicted octanol–water partition coefficient (Wildman–Crippen LogP) is 2.50. The second-order valence-electron chi connectivity index (χ2n) is 5.75. The molecule has 4 rings (SSSR count). The van der Waals surface area contributed by atoms with E-state index >= 15 is 0 Å². The van der Waals surface area contributed by atoms with Crippen LogP contribution in [-0.2, 0) is 13.0 Å². The number of aromatic nitrogens is 2. The number of nitrogens with one attached hydrogen (secondary N) is 1. The first-order valence-electron chi connectivity index (χ1n) is 7.60. The summed E-state index contributed by atoms with van der Waals surface area (Å²) in [7, 11) is 0. The van der Waals surface area contributed by atoms with Crippen LogP contribution in [0.5, 0.6) is 0 Å². The van der Waals surface area contributed by atoms with Gasteiger partial charge in [0.15, 0.2) is 6.04 Å². The zero-order valence-corrected chi connectivity index (χ0v) is 13.3. The van der Waals surface area contributed by atoms with Crippen LogP contribution in [0.3, 0.4) is 0 Å². The molecule has 1 N–H and O–H groups in total. The lowest BCUT2D eigenvalue weighted by Crippen LogP contribution is -3.11. The SMILES string of the molecule is C[C@H](c1nnc(-c2cccs2)o1)[NH+]1CCc2ccccc2C1. The normalized spacial score (nSPS) is 18.9. The van der Waals surface area contributed by atoms with E-state index in [0.717, 1.165) is 30.3 Å². The second-order valence-corrected chi connectivity index (χ2v) is 6.70. The van der Waals surface area contributed by atoms with Gasteiger partial charge in [0, 0.05) is 12.0 Å². The second kappa shape index (κ2) is 5.66. The molecular formula is C17H18N3OS+. The Bertz CT molecular complexity index is 766. The first kappa shape index (κ1) is 13.7. The predicted molar refractivity (Wildman–Crippen MR) is 85.7 cm³/mol. The molecule has 0 radical (unpaired) electrons. The van der Waals surface area contributed by atoms with Crippen LogP contribution >= 0.6 is 11.3 Å². The molecule has 4 nitrogen and oxygen atoms in total. The molecule has 0 amide bonds. The summed E-state index contributed by atoms with van der Waals surface area (Å²) in [5, 5.41) is 10.5. The van der Waals surface area contributed by atoms with Gasteiger partial charge in [0.25, 0.3) is 11.8 Å². The number of hydrogen-bond acceptors (Lipinski definition) is 4. The van der Waals surface area contributed by atoms with Crippen molar-refractivity contribution in [1.29, 1.82) is 0 Å². The van der Waals surface area contributed by atoms with Gasteiger partial charge in [-0.1, -0.05) is 30.3 Å².